The van der Waals surface area contributed by atoms with Crippen molar-refractivity contribution in [3.8, 4) is 17.1 Å². The van der Waals surface area contributed by atoms with Crippen molar-refractivity contribution in [1.29, 1.82) is 0 Å². The van der Waals surface area contributed by atoms with E-state index in [0.29, 0.717) is 12.3 Å². The molecule has 128 valence electrons. The fourth-order valence-electron chi connectivity index (χ4n) is 2.39. The van der Waals surface area contributed by atoms with E-state index in [0.717, 1.165) is 27.9 Å². The molecule has 0 saturated carbocycles. The maximum absolute atomic E-state index is 13.0. The van der Waals surface area contributed by atoms with Gasteiger partial charge < -0.3 is 4.74 Å². The zero-order valence-electron chi connectivity index (χ0n) is 13.9. The van der Waals surface area contributed by atoms with Crippen LogP contribution in [0.1, 0.15) is 5.56 Å². The van der Waals surface area contributed by atoms with E-state index in [1.54, 1.807) is 31.0 Å². The number of ether oxygens (including phenoxy) is 1. The second-order valence-electron chi connectivity index (χ2n) is 5.35. The highest BCUT2D eigenvalue weighted by Crippen LogP contribution is 2.28. The number of benzene rings is 2. The lowest BCUT2D eigenvalue weighted by Crippen LogP contribution is -2.01. The molecule has 0 aliphatic heterocycles. The van der Waals surface area contributed by atoms with Crippen molar-refractivity contribution >= 4 is 11.8 Å². The lowest BCUT2D eigenvalue weighted by atomic mass is 10.2. The molecule has 0 fully saturated rings. The first-order valence-corrected chi connectivity index (χ1v) is 8.75. The summed E-state index contributed by atoms with van der Waals surface area (Å²) in [6, 6.07) is 14.2. The Morgan fingerprint density at radius 1 is 1.20 bits per heavy atom. The van der Waals surface area contributed by atoms with Crippen molar-refractivity contribution in [2.24, 2.45) is 0 Å². The van der Waals surface area contributed by atoms with E-state index in [4.69, 9.17) is 4.74 Å². The van der Waals surface area contributed by atoms with Crippen LogP contribution in [-0.4, -0.2) is 21.9 Å². The minimum absolute atomic E-state index is 0.233. The van der Waals surface area contributed by atoms with Gasteiger partial charge in [0.05, 0.1) is 7.11 Å². The van der Waals surface area contributed by atoms with Gasteiger partial charge in [0.15, 0.2) is 11.0 Å². The van der Waals surface area contributed by atoms with Gasteiger partial charge in [-0.1, -0.05) is 42.1 Å². The Morgan fingerprint density at radius 3 is 2.72 bits per heavy atom. The van der Waals surface area contributed by atoms with E-state index in [2.05, 4.69) is 16.8 Å². The van der Waals surface area contributed by atoms with E-state index in [1.807, 2.05) is 34.9 Å². The minimum atomic E-state index is -0.233. The molecule has 0 aliphatic rings. The number of methoxy groups -OCH3 is 1. The third kappa shape index (κ3) is 4.09. The van der Waals surface area contributed by atoms with Gasteiger partial charge in [0.1, 0.15) is 11.6 Å². The first kappa shape index (κ1) is 17.2. The predicted molar refractivity (Wildman–Crippen MR) is 98.2 cm³/mol. The van der Waals surface area contributed by atoms with Crippen LogP contribution in [0.4, 0.5) is 4.39 Å². The van der Waals surface area contributed by atoms with Gasteiger partial charge in [0, 0.05) is 17.9 Å². The van der Waals surface area contributed by atoms with Crippen LogP contribution in [-0.2, 0) is 12.3 Å². The third-order valence-electron chi connectivity index (χ3n) is 3.64. The zero-order chi connectivity index (χ0) is 17.6. The van der Waals surface area contributed by atoms with Crippen molar-refractivity contribution < 1.29 is 9.13 Å². The molecule has 0 amide bonds. The van der Waals surface area contributed by atoms with Gasteiger partial charge in [-0.2, -0.15) is 0 Å². The lowest BCUT2D eigenvalue weighted by molar-refractivity contribution is 0.415. The van der Waals surface area contributed by atoms with Crippen molar-refractivity contribution in [2.45, 2.75) is 17.5 Å². The quantitative estimate of drug-likeness (QED) is 0.460. The molecule has 1 heterocycles. The van der Waals surface area contributed by atoms with E-state index in [9.17, 15) is 4.39 Å². The smallest absolute Gasteiger partial charge is 0.192 e. The Hall–Kier alpha value is -2.60. The summed E-state index contributed by atoms with van der Waals surface area (Å²) in [5.41, 5.74) is 1.96. The van der Waals surface area contributed by atoms with Gasteiger partial charge in [0.2, 0.25) is 0 Å². The number of hydrogen-bond acceptors (Lipinski definition) is 4. The van der Waals surface area contributed by atoms with Crippen LogP contribution in [0.15, 0.2) is 66.3 Å². The van der Waals surface area contributed by atoms with E-state index in [1.165, 1.54) is 12.1 Å². The standard InChI is InChI=1S/C19H18FN3OS/c1-3-11-23-18(15-5-4-6-17(12-15)24-2)21-22-19(23)25-13-14-7-9-16(20)10-8-14/h3-10,12H,1,11,13H2,2H3. The molecule has 6 heteroatoms. The molecule has 2 aromatic carbocycles. The van der Waals surface area contributed by atoms with Crippen LogP contribution < -0.4 is 4.74 Å². The molecule has 25 heavy (non-hydrogen) atoms. The first-order chi connectivity index (χ1) is 12.2. The number of hydrogen-bond donors (Lipinski definition) is 0. The molecular weight excluding hydrogens is 337 g/mol. The molecular formula is C19H18FN3OS. The fraction of sp³-hybridized carbons (Fsp3) is 0.158. The summed E-state index contributed by atoms with van der Waals surface area (Å²) >= 11 is 1.56. The zero-order valence-corrected chi connectivity index (χ0v) is 14.7. The normalized spacial score (nSPS) is 10.6. The Balaban J connectivity index is 1.86. The molecule has 0 saturated heterocycles. The number of aromatic nitrogens is 3. The van der Waals surface area contributed by atoms with Crippen LogP contribution in [0.25, 0.3) is 11.4 Å². The molecule has 3 aromatic rings. The van der Waals surface area contributed by atoms with Crippen molar-refractivity contribution in [1.82, 2.24) is 14.8 Å². The molecule has 0 aliphatic carbocycles. The molecule has 0 bridgehead atoms. The summed E-state index contributed by atoms with van der Waals surface area (Å²) in [5, 5.41) is 9.44. The highest BCUT2D eigenvalue weighted by molar-refractivity contribution is 7.98. The maximum Gasteiger partial charge on any atom is 0.192 e. The van der Waals surface area contributed by atoms with Crippen LogP contribution >= 0.6 is 11.8 Å². The van der Waals surface area contributed by atoms with Gasteiger partial charge in [0.25, 0.3) is 0 Å². The van der Waals surface area contributed by atoms with Crippen LogP contribution in [0.3, 0.4) is 0 Å². The first-order valence-electron chi connectivity index (χ1n) is 7.77. The summed E-state index contributed by atoms with van der Waals surface area (Å²) in [7, 11) is 1.64. The Morgan fingerprint density at radius 2 is 2.00 bits per heavy atom. The highest BCUT2D eigenvalue weighted by atomic mass is 32.2. The maximum atomic E-state index is 13.0. The molecule has 0 atom stereocenters. The van der Waals surface area contributed by atoms with E-state index in [-0.39, 0.29) is 5.82 Å². The average Bonchev–Trinajstić information content (AvgIpc) is 3.04. The Kier molecular flexibility index (Phi) is 5.50. The second kappa shape index (κ2) is 7.98. The molecule has 4 nitrogen and oxygen atoms in total. The van der Waals surface area contributed by atoms with Crippen molar-refractivity contribution in [3.05, 3.63) is 72.6 Å². The molecule has 0 spiro atoms. The summed E-state index contributed by atoms with van der Waals surface area (Å²) < 4.78 is 20.3. The Bertz CT molecular complexity index is 861. The molecule has 3 rings (SSSR count). The summed E-state index contributed by atoms with van der Waals surface area (Å²) in [4.78, 5) is 0. The van der Waals surface area contributed by atoms with Gasteiger partial charge in [-0.05, 0) is 29.8 Å². The van der Waals surface area contributed by atoms with Crippen molar-refractivity contribution in [3.63, 3.8) is 0 Å². The summed E-state index contributed by atoms with van der Waals surface area (Å²) in [5.74, 6) is 1.99. The van der Waals surface area contributed by atoms with E-state index >= 15 is 0 Å². The number of thioether (sulfide) groups is 1. The molecule has 0 radical (unpaired) electrons. The van der Waals surface area contributed by atoms with Gasteiger partial charge in [-0.15, -0.1) is 16.8 Å². The van der Waals surface area contributed by atoms with Gasteiger partial charge >= 0.3 is 0 Å². The highest BCUT2D eigenvalue weighted by Gasteiger charge is 2.14. The lowest BCUT2D eigenvalue weighted by Gasteiger charge is -2.09. The predicted octanol–water partition coefficient (Wildman–Crippen LogP) is 4.57. The van der Waals surface area contributed by atoms with Crippen LogP contribution in [0.2, 0.25) is 0 Å². The largest absolute Gasteiger partial charge is 0.497 e. The van der Waals surface area contributed by atoms with Crippen LogP contribution in [0, 0.1) is 5.82 Å². The summed E-state index contributed by atoms with van der Waals surface area (Å²) in [6.45, 7) is 4.42. The van der Waals surface area contributed by atoms with Crippen molar-refractivity contribution in [2.75, 3.05) is 7.11 Å². The number of halogens is 1. The number of rotatable bonds is 7. The number of allylic oxidation sites excluding steroid dienone is 1. The minimum Gasteiger partial charge on any atom is -0.497 e. The number of nitrogens with zero attached hydrogens (tertiary/aromatic N) is 3. The SMILES string of the molecule is C=CCn1c(SCc2ccc(F)cc2)nnc1-c1cccc(OC)c1. The topological polar surface area (TPSA) is 39.9 Å². The third-order valence-corrected chi connectivity index (χ3v) is 4.68. The van der Waals surface area contributed by atoms with Gasteiger partial charge in [-0.25, -0.2) is 4.39 Å². The molecule has 0 unspecified atom stereocenters. The average molecular weight is 355 g/mol. The molecule has 1 aromatic heterocycles. The second-order valence-corrected chi connectivity index (χ2v) is 6.30. The fourth-order valence-corrected chi connectivity index (χ4v) is 3.30. The monoisotopic (exact) mass is 355 g/mol. The van der Waals surface area contributed by atoms with Crippen LogP contribution in [0.5, 0.6) is 5.75 Å². The van der Waals surface area contributed by atoms with Gasteiger partial charge in [-0.3, -0.25) is 4.57 Å². The van der Waals surface area contributed by atoms with E-state index < -0.39 is 0 Å². The molecule has 0 N–H and O–H groups in total. The summed E-state index contributed by atoms with van der Waals surface area (Å²) in [6.07, 6.45) is 1.81. The Labute approximate surface area is 150 Å².